The van der Waals surface area contributed by atoms with Gasteiger partial charge in [-0.1, -0.05) is 46.0 Å². The summed E-state index contributed by atoms with van der Waals surface area (Å²) in [5.41, 5.74) is 0. The predicted molar refractivity (Wildman–Crippen MR) is 80.3 cm³/mol. The highest BCUT2D eigenvalue weighted by atomic mass is 16.7. The van der Waals surface area contributed by atoms with E-state index in [-0.39, 0.29) is 6.29 Å². The van der Waals surface area contributed by atoms with Crippen LogP contribution in [0.15, 0.2) is 0 Å². The lowest BCUT2D eigenvalue weighted by Gasteiger charge is -2.18. The fraction of sp³-hybridized carbons (Fsp3) is 1.00. The monoisotopic (exact) mass is 274 g/mol. The first-order valence-corrected chi connectivity index (χ1v) is 8.19. The average Bonchev–Trinajstić information content (AvgIpc) is 2.43. The SMILES string of the molecule is CCCCCOC(CCCCCO)OCCCCC. The number of hydrogen-bond acceptors (Lipinski definition) is 3. The standard InChI is InChI=1S/C16H34O3/c1-3-5-10-14-18-16(12-8-7-9-13-17)19-15-11-6-4-2/h16-17H,3-15H2,1-2H3. The molecule has 0 radical (unpaired) electrons. The first-order valence-electron chi connectivity index (χ1n) is 8.19. The molecule has 0 atom stereocenters. The lowest BCUT2D eigenvalue weighted by atomic mass is 10.2. The Bertz CT molecular complexity index is 134. The highest BCUT2D eigenvalue weighted by Gasteiger charge is 2.08. The summed E-state index contributed by atoms with van der Waals surface area (Å²) in [6.45, 7) is 6.32. The molecule has 0 saturated heterocycles. The van der Waals surface area contributed by atoms with Crippen LogP contribution in [0.1, 0.15) is 78.1 Å². The molecule has 19 heavy (non-hydrogen) atoms. The van der Waals surface area contributed by atoms with E-state index in [0.29, 0.717) is 6.61 Å². The second-order valence-electron chi connectivity index (χ2n) is 5.16. The van der Waals surface area contributed by atoms with Gasteiger partial charge in [0.15, 0.2) is 6.29 Å². The van der Waals surface area contributed by atoms with Crippen molar-refractivity contribution in [3.63, 3.8) is 0 Å². The van der Waals surface area contributed by atoms with Crippen molar-refractivity contribution in [2.75, 3.05) is 19.8 Å². The third-order valence-corrected chi connectivity index (χ3v) is 3.20. The first-order chi connectivity index (χ1) is 9.35. The summed E-state index contributed by atoms with van der Waals surface area (Å²) >= 11 is 0. The van der Waals surface area contributed by atoms with Gasteiger partial charge in [0.25, 0.3) is 0 Å². The summed E-state index contributed by atoms with van der Waals surface area (Å²) in [7, 11) is 0. The van der Waals surface area contributed by atoms with Crippen LogP contribution in [0.3, 0.4) is 0 Å². The van der Waals surface area contributed by atoms with Crippen LogP contribution in [0.2, 0.25) is 0 Å². The third kappa shape index (κ3) is 14.1. The van der Waals surface area contributed by atoms with E-state index in [1.165, 1.54) is 25.7 Å². The number of rotatable bonds is 15. The number of aliphatic hydroxyl groups is 1. The van der Waals surface area contributed by atoms with Gasteiger partial charge < -0.3 is 14.6 Å². The van der Waals surface area contributed by atoms with Crippen molar-refractivity contribution < 1.29 is 14.6 Å². The van der Waals surface area contributed by atoms with E-state index in [9.17, 15) is 0 Å². The summed E-state index contributed by atoms with van der Waals surface area (Å²) in [4.78, 5) is 0. The molecule has 0 spiro atoms. The molecule has 0 heterocycles. The second kappa shape index (κ2) is 15.9. The van der Waals surface area contributed by atoms with Crippen molar-refractivity contribution in [2.24, 2.45) is 0 Å². The third-order valence-electron chi connectivity index (χ3n) is 3.20. The predicted octanol–water partition coefficient (Wildman–Crippen LogP) is 4.28. The van der Waals surface area contributed by atoms with E-state index in [4.69, 9.17) is 14.6 Å². The quantitative estimate of drug-likeness (QED) is 0.358. The Morgan fingerprint density at radius 2 is 1.32 bits per heavy atom. The van der Waals surface area contributed by atoms with E-state index in [1.807, 2.05) is 0 Å². The van der Waals surface area contributed by atoms with Gasteiger partial charge >= 0.3 is 0 Å². The van der Waals surface area contributed by atoms with Crippen LogP contribution in [-0.4, -0.2) is 31.2 Å². The van der Waals surface area contributed by atoms with Gasteiger partial charge in [-0.15, -0.1) is 0 Å². The second-order valence-corrected chi connectivity index (χ2v) is 5.16. The molecule has 0 aromatic rings. The molecular formula is C16H34O3. The number of unbranched alkanes of at least 4 members (excludes halogenated alkanes) is 6. The summed E-state index contributed by atoms with van der Waals surface area (Å²) in [5, 5.41) is 8.77. The maximum atomic E-state index is 8.77. The lowest BCUT2D eigenvalue weighted by Crippen LogP contribution is -2.19. The maximum absolute atomic E-state index is 8.77. The minimum absolute atomic E-state index is 0.0348. The molecule has 0 aromatic carbocycles. The zero-order valence-corrected chi connectivity index (χ0v) is 13.0. The molecule has 0 unspecified atom stereocenters. The smallest absolute Gasteiger partial charge is 0.157 e. The first kappa shape index (κ1) is 18.9. The highest BCUT2D eigenvalue weighted by Crippen LogP contribution is 2.10. The Morgan fingerprint density at radius 3 is 1.79 bits per heavy atom. The Labute approximate surface area is 119 Å². The van der Waals surface area contributed by atoms with E-state index in [2.05, 4.69) is 13.8 Å². The van der Waals surface area contributed by atoms with Gasteiger partial charge in [-0.05, 0) is 32.1 Å². The highest BCUT2D eigenvalue weighted by molar-refractivity contribution is 4.50. The largest absolute Gasteiger partial charge is 0.396 e. The molecule has 0 aliphatic carbocycles. The van der Waals surface area contributed by atoms with Crippen molar-refractivity contribution in [1.29, 1.82) is 0 Å². The van der Waals surface area contributed by atoms with Crippen LogP contribution in [-0.2, 0) is 9.47 Å². The number of aliphatic hydroxyl groups excluding tert-OH is 1. The van der Waals surface area contributed by atoms with Gasteiger partial charge in [-0.25, -0.2) is 0 Å². The van der Waals surface area contributed by atoms with Crippen LogP contribution in [0.5, 0.6) is 0 Å². The summed E-state index contributed by atoms with van der Waals surface area (Å²) in [6, 6.07) is 0. The molecule has 1 N–H and O–H groups in total. The molecule has 116 valence electrons. The topological polar surface area (TPSA) is 38.7 Å². The van der Waals surface area contributed by atoms with E-state index in [1.54, 1.807) is 0 Å². The molecule has 0 amide bonds. The Kier molecular flexibility index (Phi) is 15.8. The van der Waals surface area contributed by atoms with Crippen molar-refractivity contribution >= 4 is 0 Å². The zero-order valence-electron chi connectivity index (χ0n) is 13.0. The molecule has 0 saturated carbocycles. The van der Waals surface area contributed by atoms with E-state index >= 15 is 0 Å². The van der Waals surface area contributed by atoms with Crippen molar-refractivity contribution in [3.05, 3.63) is 0 Å². The van der Waals surface area contributed by atoms with Gasteiger partial charge in [-0.3, -0.25) is 0 Å². The molecule has 0 rings (SSSR count). The van der Waals surface area contributed by atoms with Gasteiger partial charge in [0.1, 0.15) is 0 Å². The van der Waals surface area contributed by atoms with Gasteiger partial charge in [0, 0.05) is 19.8 Å². The Balaban J connectivity index is 3.66. The lowest BCUT2D eigenvalue weighted by molar-refractivity contribution is -0.148. The van der Waals surface area contributed by atoms with Crippen LogP contribution in [0, 0.1) is 0 Å². The normalized spacial score (nSPS) is 11.4. The van der Waals surface area contributed by atoms with Crippen LogP contribution in [0.25, 0.3) is 0 Å². The maximum Gasteiger partial charge on any atom is 0.157 e. The molecule has 0 fully saturated rings. The number of hydrogen-bond donors (Lipinski definition) is 1. The molecule has 3 heteroatoms. The molecular weight excluding hydrogens is 240 g/mol. The summed E-state index contributed by atoms with van der Waals surface area (Å²) in [6.07, 6.45) is 11.1. The van der Waals surface area contributed by atoms with Crippen molar-refractivity contribution in [3.8, 4) is 0 Å². The van der Waals surface area contributed by atoms with Gasteiger partial charge in [0.2, 0.25) is 0 Å². The number of ether oxygens (including phenoxy) is 2. The van der Waals surface area contributed by atoms with E-state index in [0.717, 1.165) is 51.7 Å². The van der Waals surface area contributed by atoms with Crippen LogP contribution >= 0.6 is 0 Å². The molecule has 3 nitrogen and oxygen atoms in total. The molecule has 0 bridgehead atoms. The Hall–Kier alpha value is -0.120. The van der Waals surface area contributed by atoms with Crippen LogP contribution < -0.4 is 0 Å². The van der Waals surface area contributed by atoms with Crippen LogP contribution in [0.4, 0.5) is 0 Å². The Morgan fingerprint density at radius 1 is 0.737 bits per heavy atom. The fourth-order valence-corrected chi connectivity index (χ4v) is 1.95. The van der Waals surface area contributed by atoms with Gasteiger partial charge in [0.05, 0.1) is 0 Å². The van der Waals surface area contributed by atoms with E-state index < -0.39 is 0 Å². The van der Waals surface area contributed by atoms with Gasteiger partial charge in [-0.2, -0.15) is 0 Å². The average molecular weight is 274 g/mol. The summed E-state index contributed by atoms with van der Waals surface area (Å²) < 4.78 is 11.6. The zero-order chi connectivity index (χ0) is 14.2. The molecule has 0 aliphatic heterocycles. The van der Waals surface area contributed by atoms with Crippen molar-refractivity contribution in [2.45, 2.75) is 84.3 Å². The minimum Gasteiger partial charge on any atom is -0.396 e. The van der Waals surface area contributed by atoms with Crippen molar-refractivity contribution in [1.82, 2.24) is 0 Å². The molecule has 0 aliphatic rings. The molecule has 0 aromatic heterocycles. The summed E-state index contributed by atoms with van der Waals surface area (Å²) in [5.74, 6) is 0. The fourth-order valence-electron chi connectivity index (χ4n) is 1.95. The minimum atomic E-state index is -0.0348.